The minimum atomic E-state index is -0.375. The van der Waals surface area contributed by atoms with E-state index in [2.05, 4.69) is 28.4 Å². The molecular formula is C18H26N2O2. The summed E-state index contributed by atoms with van der Waals surface area (Å²) in [6, 6.07) is 6.50. The van der Waals surface area contributed by atoms with E-state index in [0.717, 1.165) is 32.5 Å². The van der Waals surface area contributed by atoms with Crippen LogP contribution in [0.5, 0.6) is 0 Å². The zero-order valence-corrected chi connectivity index (χ0v) is 13.8. The highest BCUT2D eigenvalue weighted by Crippen LogP contribution is 2.36. The summed E-state index contributed by atoms with van der Waals surface area (Å²) in [5.74, 6) is 0.536. The highest BCUT2D eigenvalue weighted by Gasteiger charge is 2.30. The molecule has 1 aromatic rings. The minimum Gasteiger partial charge on any atom is -0.460 e. The number of nitrogens with zero attached hydrogens (tertiary/aromatic N) is 1. The maximum Gasteiger partial charge on any atom is 0.306 e. The van der Waals surface area contributed by atoms with Crippen LogP contribution in [-0.2, 0) is 16.0 Å². The van der Waals surface area contributed by atoms with Crippen LogP contribution in [0.15, 0.2) is 18.2 Å². The number of anilines is 2. The Morgan fingerprint density at radius 2 is 2.14 bits per heavy atom. The van der Waals surface area contributed by atoms with E-state index in [9.17, 15) is 4.79 Å². The summed E-state index contributed by atoms with van der Waals surface area (Å²) in [7, 11) is 0. The average Bonchev–Trinajstić information content (AvgIpc) is 2.83. The molecule has 1 fully saturated rings. The SMILES string of the molecule is CC(C)(C)OC(=O)CCC1CN(c2cccc3c2CCN3)C1. The van der Waals surface area contributed by atoms with E-state index >= 15 is 0 Å². The maximum atomic E-state index is 11.8. The molecular weight excluding hydrogens is 276 g/mol. The molecule has 1 N–H and O–H groups in total. The fraction of sp³-hybridized carbons (Fsp3) is 0.611. The quantitative estimate of drug-likeness (QED) is 0.867. The van der Waals surface area contributed by atoms with Gasteiger partial charge in [0.25, 0.3) is 0 Å². The first-order chi connectivity index (χ1) is 10.4. The second-order valence-electron chi connectivity index (χ2n) is 7.38. The fourth-order valence-electron chi connectivity index (χ4n) is 3.29. The first-order valence-corrected chi connectivity index (χ1v) is 8.25. The number of esters is 1. The van der Waals surface area contributed by atoms with Gasteiger partial charge in [0.1, 0.15) is 5.60 Å². The molecule has 0 atom stereocenters. The van der Waals surface area contributed by atoms with Crippen molar-refractivity contribution >= 4 is 17.3 Å². The molecule has 0 saturated carbocycles. The van der Waals surface area contributed by atoms with Crippen molar-refractivity contribution < 1.29 is 9.53 Å². The molecule has 0 aliphatic carbocycles. The summed E-state index contributed by atoms with van der Waals surface area (Å²) in [4.78, 5) is 14.2. The first-order valence-electron chi connectivity index (χ1n) is 8.25. The van der Waals surface area contributed by atoms with Gasteiger partial charge in [0.2, 0.25) is 0 Å². The third-order valence-electron chi connectivity index (χ3n) is 4.32. The van der Waals surface area contributed by atoms with E-state index < -0.39 is 0 Å². The summed E-state index contributed by atoms with van der Waals surface area (Å²) in [5.41, 5.74) is 3.74. The van der Waals surface area contributed by atoms with Crippen molar-refractivity contribution in [1.82, 2.24) is 0 Å². The topological polar surface area (TPSA) is 41.6 Å². The van der Waals surface area contributed by atoms with Crippen LogP contribution in [0.2, 0.25) is 0 Å². The van der Waals surface area contributed by atoms with Crippen LogP contribution in [0.25, 0.3) is 0 Å². The van der Waals surface area contributed by atoms with E-state index in [1.165, 1.54) is 16.9 Å². The molecule has 1 saturated heterocycles. The van der Waals surface area contributed by atoms with Gasteiger partial charge < -0.3 is 15.0 Å². The smallest absolute Gasteiger partial charge is 0.306 e. The number of rotatable bonds is 4. The Balaban J connectivity index is 1.47. The average molecular weight is 302 g/mol. The Morgan fingerprint density at radius 3 is 2.86 bits per heavy atom. The zero-order valence-electron chi connectivity index (χ0n) is 13.8. The Kier molecular flexibility index (Phi) is 4.02. The predicted molar refractivity (Wildman–Crippen MR) is 89.4 cm³/mol. The monoisotopic (exact) mass is 302 g/mol. The van der Waals surface area contributed by atoms with Crippen LogP contribution in [-0.4, -0.2) is 31.2 Å². The molecule has 2 aliphatic heterocycles. The fourth-order valence-corrected chi connectivity index (χ4v) is 3.29. The third kappa shape index (κ3) is 3.37. The maximum absolute atomic E-state index is 11.8. The van der Waals surface area contributed by atoms with Gasteiger partial charge in [-0.1, -0.05) is 6.07 Å². The lowest BCUT2D eigenvalue weighted by Crippen LogP contribution is -2.47. The number of hydrogen-bond acceptors (Lipinski definition) is 4. The van der Waals surface area contributed by atoms with Gasteiger partial charge in [-0.05, 0) is 51.7 Å². The molecule has 4 nitrogen and oxygen atoms in total. The Hall–Kier alpha value is -1.71. The molecule has 22 heavy (non-hydrogen) atoms. The van der Waals surface area contributed by atoms with Gasteiger partial charge in [-0.2, -0.15) is 0 Å². The van der Waals surface area contributed by atoms with Crippen LogP contribution in [0.1, 0.15) is 39.2 Å². The molecule has 0 spiro atoms. The van der Waals surface area contributed by atoms with E-state index in [4.69, 9.17) is 4.74 Å². The van der Waals surface area contributed by atoms with Crippen LogP contribution in [0.4, 0.5) is 11.4 Å². The van der Waals surface area contributed by atoms with Gasteiger partial charge in [-0.3, -0.25) is 4.79 Å². The van der Waals surface area contributed by atoms with Crippen molar-refractivity contribution in [3.05, 3.63) is 23.8 Å². The second kappa shape index (κ2) is 5.82. The third-order valence-corrected chi connectivity index (χ3v) is 4.32. The van der Waals surface area contributed by atoms with Crippen molar-refractivity contribution in [3.63, 3.8) is 0 Å². The van der Waals surface area contributed by atoms with Gasteiger partial charge in [0, 0.05) is 43.0 Å². The molecule has 3 rings (SSSR count). The van der Waals surface area contributed by atoms with Crippen molar-refractivity contribution in [3.8, 4) is 0 Å². The lowest BCUT2D eigenvalue weighted by atomic mass is 9.93. The summed E-state index contributed by atoms with van der Waals surface area (Å²) in [6.07, 6.45) is 2.58. The number of hydrogen-bond donors (Lipinski definition) is 1. The number of carbonyl (C=O) groups excluding carboxylic acids is 1. The first kappa shape index (κ1) is 15.2. The normalized spacial score (nSPS) is 17.7. The van der Waals surface area contributed by atoms with Gasteiger partial charge in [-0.15, -0.1) is 0 Å². The Bertz CT molecular complexity index is 557. The van der Waals surface area contributed by atoms with Gasteiger partial charge >= 0.3 is 5.97 Å². The molecule has 1 aromatic carbocycles. The van der Waals surface area contributed by atoms with Gasteiger partial charge in [0.05, 0.1) is 0 Å². The van der Waals surface area contributed by atoms with E-state index in [1.807, 2.05) is 20.8 Å². The van der Waals surface area contributed by atoms with Crippen molar-refractivity contribution in [2.24, 2.45) is 5.92 Å². The molecule has 0 radical (unpaired) electrons. The van der Waals surface area contributed by atoms with Crippen LogP contribution in [0.3, 0.4) is 0 Å². The van der Waals surface area contributed by atoms with Gasteiger partial charge in [0.15, 0.2) is 0 Å². The number of ether oxygens (including phenoxy) is 1. The molecule has 4 heteroatoms. The summed E-state index contributed by atoms with van der Waals surface area (Å²) in [6.45, 7) is 8.90. The molecule has 0 unspecified atom stereocenters. The van der Waals surface area contributed by atoms with Crippen LogP contribution < -0.4 is 10.2 Å². The summed E-state index contributed by atoms with van der Waals surface area (Å²) in [5, 5.41) is 3.43. The zero-order chi connectivity index (χ0) is 15.7. The van der Waals surface area contributed by atoms with Crippen LogP contribution in [0, 0.1) is 5.92 Å². The largest absolute Gasteiger partial charge is 0.460 e. The molecule has 0 bridgehead atoms. The van der Waals surface area contributed by atoms with Crippen molar-refractivity contribution in [1.29, 1.82) is 0 Å². The van der Waals surface area contributed by atoms with E-state index in [1.54, 1.807) is 0 Å². The Labute approximate surface area is 132 Å². The Morgan fingerprint density at radius 1 is 1.36 bits per heavy atom. The lowest BCUT2D eigenvalue weighted by molar-refractivity contribution is -0.155. The molecule has 2 aliphatic rings. The predicted octanol–water partition coefficient (Wildman–Crippen LogP) is 3.21. The number of carbonyl (C=O) groups is 1. The highest BCUT2D eigenvalue weighted by atomic mass is 16.6. The number of fused-ring (bicyclic) bond motifs is 1. The molecule has 0 amide bonds. The van der Waals surface area contributed by atoms with Crippen LogP contribution >= 0.6 is 0 Å². The van der Waals surface area contributed by atoms with E-state index in [0.29, 0.717) is 12.3 Å². The second-order valence-corrected chi connectivity index (χ2v) is 7.38. The standard InChI is InChI=1S/C18H26N2O2/c1-18(2,3)22-17(21)8-7-13-11-20(12-13)16-6-4-5-15-14(16)9-10-19-15/h4-6,13,19H,7-12H2,1-3H3. The molecule has 120 valence electrons. The molecule has 0 aromatic heterocycles. The minimum absolute atomic E-state index is 0.0734. The highest BCUT2D eigenvalue weighted by molar-refractivity contribution is 5.71. The lowest BCUT2D eigenvalue weighted by Gasteiger charge is -2.42. The molecule has 2 heterocycles. The summed E-state index contributed by atoms with van der Waals surface area (Å²) < 4.78 is 5.37. The number of nitrogens with one attached hydrogen (secondary N) is 1. The van der Waals surface area contributed by atoms with E-state index in [-0.39, 0.29) is 11.6 Å². The van der Waals surface area contributed by atoms with Crippen molar-refractivity contribution in [2.45, 2.75) is 45.6 Å². The van der Waals surface area contributed by atoms with Gasteiger partial charge in [-0.25, -0.2) is 0 Å². The van der Waals surface area contributed by atoms with Crippen molar-refractivity contribution in [2.75, 3.05) is 29.9 Å². The summed E-state index contributed by atoms with van der Waals surface area (Å²) >= 11 is 0. The number of benzene rings is 1.